The van der Waals surface area contributed by atoms with E-state index in [0.29, 0.717) is 0 Å². The molecule has 0 radical (unpaired) electrons. The largest absolute Gasteiger partial charge is 0.338 e. The SMILES string of the molecule is CN(CC=O)C(=O)C1CCCCC1. The molecule has 0 atom stereocenters. The van der Waals surface area contributed by atoms with Gasteiger partial charge < -0.3 is 9.69 Å². The molecule has 3 heteroatoms. The lowest BCUT2D eigenvalue weighted by Crippen LogP contribution is -2.35. The lowest BCUT2D eigenvalue weighted by atomic mass is 9.88. The predicted octanol–water partition coefficient (Wildman–Crippen LogP) is 1.22. The number of amides is 1. The Bertz CT molecular complexity index is 185. The van der Waals surface area contributed by atoms with E-state index in [1.165, 1.54) is 11.3 Å². The number of likely N-dealkylation sites (N-methyl/N-ethyl adjacent to an activating group) is 1. The molecule has 0 aromatic carbocycles. The smallest absolute Gasteiger partial charge is 0.225 e. The number of carbonyl (C=O) groups excluding carboxylic acids is 2. The minimum atomic E-state index is 0.145. The van der Waals surface area contributed by atoms with Gasteiger partial charge in [0.05, 0.1) is 6.54 Å². The third-order valence-electron chi connectivity index (χ3n) is 2.68. The van der Waals surface area contributed by atoms with Crippen LogP contribution in [-0.4, -0.2) is 30.7 Å². The Hall–Kier alpha value is -0.860. The van der Waals surface area contributed by atoms with Gasteiger partial charge in [-0.05, 0) is 12.8 Å². The topological polar surface area (TPSA) is 37.4 Å². The van der Waals surface area contributed by atoms with Gasteiger partial charge in [-0.25, -0.2) is 0 Å². The first-order valence-electron chi connectivity index (χ1n) is 4.94. The maximum atomic E-state index is 11.7. The molecule has 0 unspecified atom stereocenters. The molecule has 1 amide bonds. The van der Waals surface area contributed by atoms with E-state index in [4.69, 9.17) is 0 Å². The highest BCUT2D eigenvalue weighted by atomic mass is 16.2. The summed E-state index contributed by atoms with van der Waals surface area (Å²) < 4.78 is 0. The van der Waals surface area contributed by atoms with Gasteiger partial charge in [-0.15, -0.1) is 0 Å². The molecule has 0 saturated heterocycles. The Morgan fingerprint density at radius 3 is 2.54 bits per heavy atom. The third-order valence-corrected chi connectivity index (χ3v) is 2.68. The second kappa shape index (κ2) is 5.00. The zero-order valence-corrected chi connectivity index (χ0v) is 8.16. The summed E-state index contributed by atoms with van der Waals surface area (Å²) in [7, 11) is 1.70. The molecule has 3 nitrogen and oxygen atoms in total. The Kier molecular flexibility index (Phi) is 3.93. The van der Waals surface area contributed by atoms with Gasteiger partial charge in [-0.3, -0.25) is 4.79 Å². The number of nitrogens with zero attached hydrogens (tertiary/aromatic N) is 1. The van der Waals surface area contributed by atoms with Gasteiger partial charge in [0.15, 0.2) is 0 Å². The monoisotopic (exact) mass is 183 g/mol. The number of hydrogen-bond acceptors (Lipinski definition) is 2. The van der Waals surface area contributed by atoms with Crippen molar-refractivity contribution in [3.05, 3.63) is 0 Å². The molecular formula is C10H17NO2. The fourth-order valence-corrected chi connectivity index (χ4v) is 1.86. The van der Waals surface area contributed by atoms with Crippen molar-refractivity contribution in [3.8, 4) is 0 Å². The summed E-state index contributed by atoms with van der Waals surface area (Å²) in [5.41, 5.74) is 0. The molecule has 0 aromatic rings. The van der Waals surface area contributed by atoms with Gasteiger partial charge in [0.2, 0.25) is 5.91 Å². The standard InChI is InChI=1S/C10H17NO2/c1-11(7-8-12)10(13)9-5-3-2-4-6-9/h8-9H,2-7H2,1H3. The Morgan fingerprint density at radius 2 is 2.00 bits per heavy atom. The van der Waals surface area contributed by atoms with E-state index in [0.717, 1.165) is 32.0 Å². The highest BCUT2D eigenvalue weighted by Crippen LogP contribution is 2.24. The molecule has 0 aromatic heterocycles. The highest BCUT2D eigenvalue weighted by Gasteiger charge is 2.23. The average Bonchev–Trinajstić information content (AvgIpc) is 2.18. The first kappa shape index (κ1) is 10.2. The maximum absolute atomic E-state index is 11.7. The van der Waals surface area contributed by atoms with Crippen molar-refractivity contribution >= 4 is 12.2 Å². The molecule has 0 N–H and O–H groups in total. The summed E-state index contributed by atoms with van der Waals surface area (Å²) in [5, 5.41) is 0. The summed E-state index contributed by atoms with van der Waals surface area (Å²) in [4.78, 5) is 23.4. The lowest BCUT2D eigenvalue weighted by Gasteiger charge is -2.24. The summed E-state index contributed by atoms with van der Waals surface area (Å²) in [6.45, 7) is 0.231. The van der Waals surface area contributed by atoms with E-state index in [-0.39, 0.29) is 18.4 Å². The maximum Gasteiger partial charge on any atom is 0.225 e. The molecule has 0 spiro atoms. The Balaban J connectivity index is 2.40. The summed E-state index contributed by atoms with van der Waals surface area (Å²) in [5.74, 6) is 0.325. The molecule has 1 saturated carbocycles. The third kappa shape index (κ3) is 2.83. The second-order valence-corrected chi connectivity index (χ2v) is 3.72. The number of aldehydes is 1. The molecule has 1 aliphatic carbocycles. The fraction of sp³-hybridized carbons (Fsp3) is 0.800. The van der Waals surface area contributed by atoms with E-state index in [1.807, 2.05) is 0 Å². The van der Waals surface area contributed by atoms with Gasteiger partial charge in [0.25, 0.3) is 0 Å². The Morgan fingerprint density at radius 1 is 1.38 bits per heavy atom. The summed E-state index contributed by atoms with van der Waals surface area (Å²) in [6, 6.07) is 0. The van der Waals surface area contributed by atoms with E-state index in [1.54, 1.807) is 7.05 Å². The van der Waals surface area contributed by atoms with Crippen molar-refractivity contribution in [1.29, 1.82) is 0 Å². The normalized spacial score (nSPS) is 18.2. The van der Waals surface area contributed by atoms with E-state index in [2.05, 4.69) is 0 Å². The number of carbonyl (C=O) groups is 2. The molecule has 0 heterocycles. The highest BCUT2D eigenvalue weighted by molar-refractivity contribution is 5.80. The molecule has 13 heavy (non-hydrogen) atoms. The van der Waals surface area contributed by atoms with Crippen molar-refractivity contribution in [2.75, 3.05) is 13.6 Å². The van der Waals surface area contributed by atoms with Crippen LogP contribution in [0.15, 0.2) is 0 Å². The molecule has 1 fully saturated rings. The lowest BCUT2D eigenvalue weighted by molar-refractivity contribution is -0.136. The van der Waals surface area contributed by atoms with Crippen molar-refractivity contribution in [2.24, 2.45) is 5.92 Å². The van der Waals surface area contributed by atoms with Crippen molar-refractivity contribution in [1.82, 2.24) is 4.90 Å². The molecule has 74 valence electrons. The molecule has 0 bridgehead atoms. The number of hydrogen-bond donors (Lipinski definition) is 0. The van der Waals surface area contributed by atoms with Gasteiger partial charge >= 0.3 is 0 Å². The van der Waals surface area contributed by atoms with Crippen LogP contribution in [0.1, 0.15) is 32.1 Å². The van der Waals surface area contributed by atoms with Gasteiger partial charge in [-0.1, -0.05) is 19.3 Å². The molecule has 1 aliphatic rings. The molecular weight excluding hydrogens is 166 g/mol. The van der Waals surface area contributed by atoms with Crippen LogP contribution >= 0.6 is 0 Å². The van der Waals surface area contributed by atoms with Crippen LogP contribution < -0.4 is 0 Å². The van der Waals surface area contributed by atoms with E-state index in [9.17, 15) is 9.59 Å². The van der Waals surface area contributed by atoms with Crippen LogP contribution in [-0.2, 0) is 9.59 Å². The van der Waals surface area contributed by atoms with Crippen molar-refractivity contribution < 1.29 is 9.59 Å². The summed E-state index contributed by atoms with van der Waals surface area (Å²) in [6.07, 6.45) is 6.35. The van der Waals surface area contributed by atoms with Crippen LogP contribution in [0.5, 0.6) is 0 Å². The zero-order chi connectivity index (χ0) is 9.68. The number of rotatable bonds is 3. The van der Waals surface area contributed by atoms with E-state index >= 15 is 0 Å². The quantitative estimate of drug-likeness (QED) is 0.617. The van der Waals surface area contributed by atoms with Crippen molar-refractivity contribution in [2.45, 2.75) is 32.1 Å². The van der Waals surface area contributed by atoms with Gasteiger partial charge in [0, 0.05) is 13.0 Å². The predicted molar refractivity (Wildman–Crippen MR) is 50.3 cm³/mol. The van der Waals surface area contributed by atoms with Crippen LogP contribution in [0.2, 0.25) is 0 Å². The first-order chi connectivity index (χ1) is 6.25. The summed E-state index contributed by atoms with van der Waals surface area (Å²) >= 11 is 0. The molecule has 1 rings (SSSR count). The first-order valence-corrected chi connectivity index (χ1v) is 4.94. The van der Waals surface area contributed by atoms with Gasteiger partial charge in [-0.2, -0.15) is 0 Å². The Labute approximate surface area is 79.1 Å². The minimum Gasteiger partial charge on any atom is -0.338 e. The van der Waals surface area contributed by atoms with Gasteiger partial charge in [0.1, 0.15) is 6.29 Å². The zero-order valence-electron chi connectivity index (χ0n) is 8.16. The minimum absolute atomic E-state index is 0.145. The van der Waals surface area contributed by atoms with Crippen molar-refractivity contribution in [3.63, 3.8) is 0 Å². The molecule has 0 aliphatic heterocycles. The van der Waals surface area contributed by atoms with E-state index < -0.39 is 0 Å². The van der Waals surface area contributed by atoms with Crippen LogP contribution in [0.4, 0.5) is 0 Å². The second-order valence-electron chi connectivity index (χ2n) is 3.72. The fourth-order valence-electron chi connectivity index (χ4n) is 1.86. The average molecular weight is 183 g/mol. The van der Waals surface area contributed by atoms with Crippen LogP contribution in [0, 0.1) is 5.92 Å². The van der Waals surface area contributed by atoms with Crippen LogP contribution in [0.3, 0.4) is 0 Å². The van der Waals surface area contributed by atoms with Crippen LogP contribution in [0.25, 0.3) is 0 Å².